The van der Waals surface area contributed by atoms with Crippen LogP contribution < -0.4 is 5.32 Å². The summed E-state index contributed by atoms with van der Waals surface area (Å²) in [4.78, 5) is 0. The molecule has 2 nitrogen and oxygen atoms in total. The third-order valence-electron chi connectivity index (χ3n) is 2.60. The molecule has 16 heavy (non-hydrogen) atoms. The first-order valence-electron chi connectivity index (χ1n) is 4.96. The van der Waals surface area contributed by atoms with Gasteiger partial charge in [-0.05, 0) is 0 Å². The summed E-state index contributed by atoms with van der Waals surface area (Å²) in [7, 11) is 0. The summed E-state index contributed by atoms with van der Waals surface area (Å²) in [5.41, 5.74) is -0.387. The zero-order valence-corrected chi connectivity index (χ0v) is 8.82. The zero-order chi connectivity index (χ0) is 11.8. The number of hydrogen-bond donors (Lipinski definition) is 1. The van der Waals surface area contributed by atoms with Crippen molar-refractivity contribution in [2.24, 2.45) is 5.41 Å². The van der Waals surface area contributed by atoms with E-state index < -0.39 is 17.5 Å². The van der Waals surface area contributed by atoms with Gasteiger partial charge in [0.05, 0.1) is 13.2 Å². The fraction of sp³-hybridized carbons (Fsp3) is 0.455. The molecular weight excluding hydrogens is 219 g/mol. The largest absolute Gasteiger partial charge is 0.380 e. The van der Waals surface area contributed by atoms with Crippen molar-refractivity contribution in [3.63, 3.8) is 0 Å². The summed E-state index contributed by atoms with van der Waals surface area (Å²) in [6, 6.07) is 1.32. The smallest absolute Gasteiger partial charge is 0.152 e. The summed E-state index contributed by atoms with van der Waals surface area (Å²) in [5.74, 6) is -2.75. The van der Waals surface area contributed by atoms with Gasteiger partial charge in [-0.1, -0.05) is 6.92 Å². The maximum absolute atomic E-state index is 13.2. The second-order valence-corrected chi connectivity index (χ2v) is 4.40. The molecule has 0 spiro atoms. The van der Waals surface area contributed by atoms with E-state index in [9.17, 15) is 13.2 Å². The summed E-state index contributed by atoms with van der Waals surface area (Å²) in [5, 5.41) is 2.65. The Morgan fingerprint density at radius 2 is 1.81 bits per heavy atom. The summed E-state index contributed by atoms with van der Waals surface area (Å²) >= 11 is 0. The Kier molecular flexibility index (Phi) is 2.80. The molecule has 0 atom stereocenters. The third-order valence-corrected chi connectivity index (χ3v) is 2.60. The van der Waals surface area contributed by atoms with Gasteiger partial charge >= 0.3 is 0 Å². The molecule has 1 aliphatic rings. The lowest BCUT2D eigenvalue weighted by atomic mass is 9.88. The van der Waals surface area contributed by atoms with Crippen LogP contribution in [0.3, 0.4) is 0 Å². The van der Waals surface area contributed by atoms with Gasteiger partial charge < -0.3 is 10.1 Å². The van der Waals surface area contributed by atoms with E-state index in [0.717, 1.165) is 0 Å². The predicted octanol–water partition coefficient (Wildman–Crippen LogP) is 2.55. The Morgan fingerprint density at radius 1 is 1.25 bits per heavy atom. The van der Waals surface area contributed by atoms with Crippen LogP contribution in [-0.4, -0.2) is 19.8 Å². The molecule has 5 heteroatoms. The molecule has 1 aromatic rings. The van der Waals surface area contributed by atoms with E-state index in [4.69, 9.17) is 4.74 Å². The van der Waals surface area contributed by atoms with Gasteiger partial charge in [0.15, 0.2) is 11.6 Å². The Bertz CT molecular complexity index is 381. The van der Waals surface area contributed by atoms with Crippen LogP contribution in [-0.2, 0) is 4.74 Å². The first kappa shape index (κ1) is 11.3. The van der Waals surface area contributed by atoms with Gasteiger partial charge in [-0.3, -0.25) is 0 Å². The normalized spacial score (nSPS) is 18.0. The molecule has 1 aromatic carbocycles. The van der Waals surface area contributed by atoms with E-state index in [0.29, 0.717) is 31.9 Å². The molecule has 1 saturated heterocycles. The minimum absolute atomic E-state index is 0.104. The highest BCUT2D eigenvalue weighted by molar-refractivity contribution is 5.46. The van der Waals surface area contributed by atoms with Crippen LogP contribution in [0, 0.1) is 22.9 Å². The van der Waals surface area contributed by atoms with Gasteiger partial charge in [0.25, 0.3) is 0 Å². The molecular formula is C11H12F3NO. The van der Waals surface area contributed by atoms with Crippen LogP contribution >= 0.6 is 0 Å². The average molecular weight is 231 g/mol. The minimum Gasteiger partial charge on any atom is -0.380 e. The van der Waals surface area contributed by atoms with Crippen LogP contribution in [0.4, 0.5) is 18.9 Å². The zero-order valence-electron chi connectivity index (χ0n) is 8.82. The van der Waals surface area contributed by atoms with Crippen LogP contribution in [0.2, 0.25) is 0 Å². The lowest BCUT2D eigenvalue weighted by molar-refractivity contribution is -0.0925. The number of benzene rings is 1. The molecule has 1 heterocycles. The van der Waals surface area contributed by atoms with Crippen LogP contribution in [0.1, 0.15) is 6.92 Å². The topological polar surface area (TPSA) is 21.3 Å². The number of anilines is 1. The number of hydrogen-bond acceptors (Lipinski definition) is 2. The summed E-state index contributed by atoms with van der Waals surface area (Å²) < 4.78 is 44.1. The molecule has 0 unspecified atom stereocenters. The molecule has 88 valence electrons. The van der Waals surface area contributed by atoms with E-state index >= 15 is 0 Å². The van der Waals surface area contributed by atoms with E-state index in [-0.39, 0.29) is 11.1 Å². The SMILES string of the molecule is CC1(CNc2c(F)cc(F)cc2F)COC1. The molecule has 0 saturated carbocycles. The lowest BCUT2D eigenvalue weighted by Gasteiger charge is -2.38. The fourth-order valence-corrected chi connectivity index (χ4v) is 1.57. The molecule has 0 aliphatic carbocycles. The van der Waals surface area contributed by atoms with Crippen molar-refractivity contribution in [1.82, 2.24) is 0 Å². The molecule has 1 fully saturated rings. The highest BCUT2D eigenvalue weighted by Gasteiger charge is 2.33. The number of ether oxygens (including phenoxy) is 1. The van der Waals surface area contributed by atoms with Crippen molar-refractivity contribution in [3.05, 3.63) is 29.6 Å². The van der Waals surface area contributed by atoms with Crippen molar-refractivity contribution < 1.29 is 17.9 Å². The maximum atomic E-state index is 13.2. The van der Waals surface area contributed by atoms with Crippen LogP contribution in [0.15, 0.2) is 12.1 Å². The Hall–Kier alpha value is -1.23. The molecule has 0 radical (unpaired) electrons. The van der Waals surface area contributed by atoms with E-state index in [2.05, 4.69) is 5.32 Å². The quantitative estimate of drug-likeness (QED) is 0.863. The average Bonchev–Trinajstić information content (AvgIpc) is 2.13. The Labute approximate surface area is 91.4 Å². The number of halogens is 3. The van der Waals surface area contributed by atoms with Crippen molar-refractivity contribution in [2.45, 2.75) is 6.92 Å². The maximum Gasteiger partial charge on any atom is 0.152 e. The van der Waals surface area contributed by atoms with Gasteiger partial charge in [-0.2, -0.15) is 0 Å². The highest BCUT2D eigenvalue weighted by atomic mass is 19.1. The lowest BCUT2D eigenvalue weighted by Crippen LogP contribution is -2.45. The van der Waals surface area contributed by atoms with Crippen LogP contribution in [0.5, 0.6) is 0 Å². The van der Waals surface area contributed by atoms with E-state index in [1.54, 1.807) is 0 Å². The van der Waals surface area contributed by atoms with E-state index in [1.807, 2.05) is 6.92 Å². The van der Waals surface area contributed by atoms with Crippen LogP contribution in [0.25, 0.3) is 0 Å². The van der Waals surface area contributed by atoms with E-state index in [1.165, 1.54) is 0 Å². The van der Waals surface area contributed by atoms with Gasteiger partial charge in [0, 0.05) is 24.1 Å². The van der Waals surface area contributed by atoms with Crippen molar-refractivity contribution in [1.29, 1.82) is 0 Å². The highest BCUT2D eigenvalue weighted by Crippen LogP contribution is 2.28. The van der Waals surface area contributed by atoms with Crippen molar-refractivity contribution >= 4 is 5.69 Å². The monoisotopic (exact) mass is 231 g/mol. The third kappa shape index (κ3) is 2.14. The minimum atomic E-state index is -0.918. The Balaban J connectivity index is 2.09. The molecule has 1 aliphatic heterocycles. The van der Waals surface area contributed by atoms with Crippen molar-refractivity contribution in [3.8, 4) is 0 Å². The predicted molar refractivity (Wildman–Crippen MR) is 53.7 cm³/mol. The van der Waals surface area contributed by atoms with Crippen molar-refractivity contribution in [2.75, 3.05) is 25.1 Å². The fourth-order valence-electron chi connectivity index (χ4n) is 1.57. The second-order valence-electron chi connectivity index (χ2n) is 4.40. The summed E-state index contributed by atoms with van der Waals surface area (Å²) in [6.45, 7) is 3.46. The van der Waals surface area contributed by atoms with Gasteiger partial charge in [-0.15, -0.1) is 0 Å². The van der Waals surface area contributed by atoms with Gasteiger partial charge in [0.1, 0.15) is 11.5 Å². The Morgan fingerprint density at radius 3 is 2.25 bits per heavy atom. The number of nitrogens with one attached hydrogen (secondary N) is 1. The molecule has 0 amide bonds. The molecule has 1 N–H and O–H groups in total. The number of rotatable bonds is 3. The molecule has 0 bridgehead atoms. The first-order chi connectivity index (χ1) is 7.50. The standard InChI is InChI=1S/C11H12F3NO/c1-11(5-16-6-11)4-15-10-8(13)2-7(12)3-9(10)14/h2-3,15H,4-6H2,1H3. The molecule has 2 rings (SSSR count). The van der Waals surface area contributed by atoms with Gasteiger partial charge in [-0.25, -0.2) is 13.2 Å². The van der Waals surface area contributed by atoms with Gasteiger partial charge in [0.2, 0.25) is 0 Å². The molecule has 0 aromatic heterocycles. The second kappa shape index (κ2) is 3.97. The first-order valence-corrected chi connectivity index (χ1v) is 4.96. The summed E-state index contributed by atoms with van der Waals surface area (Å²) in [6.07, 6.45) is 0.